The fourth-order valence-corrected chi connectivity index (χ4v) is 1.87. The van der Waals surface area contributed by atoms with Crippen LogP contribution in [0.2, 0.25) is 5.02 Å². The molecule has 20 heavy (non-hydrogen) atoms. The van der Waals surface area contributed by atoms with Gasteiger partial charge in [-0.1, -0.05) is 17.7 Å². The largest absolute Gasteiger partial charge is 0.322 e. The van der Waals surface area contributed by atoms with Crippen LogP contribution in [0.5, 0.6) is 0 Å². The van der Waals surface area contributed by atoms with Gasteiger partial charge in [-0.15, -0.1) is 0 Å². The molecule has 102 valence electrons. The summed E-state index contributed by atoms with van der Waals surface area (Å²) >= 11 is 5.83. The van der Waals surface area contributed by atoms with Crippen molar-refractivity contribution in [2.75, 3.05) is 5.32 Å². The van der Waals surface area contributed by atoms with E-state index in [0.717, 1.165) is 12.1 Å². The first-order chi connectivity index (χ1) is 9.49. The number of nitrogens with one attached hydrogen (secondary N) is 1. The van der Waals surface area contributed by atoms with E-state index >= 15 is 0 Å². The van der Waals surface area contributed by atoms with Crippen molar-refractivity contribution in [1.29, 1.82) is 0 Å². The molecule has 7 heteroatoms. The summed E-state index contributed by atoms with van der Waals surface area (Å²) in [6.07, 6.45) is 0. The summed E-state index contributed by atoms with van der Waals surface area (Å²) in [5.41, 5.74) is -0.314. The lowest BCUT2D eigenvalue weighted by Crippen LogP contribution is -2.14. The molecule has 2 aromatic carbocycles. The normalized spacial score (nSPS) is 10.1. The number of hydrogen-bond donors (Lipinski definition) is 1. The first-order valence-electron chi connectivity index (χ1n) is 5.49. The van der Waals surface area contributed by atoms with Gasteiger partial charge in [0.15, 0.2) is 0 Å². The predicted octanol–water partition coefficient (Wildman–Crippen LogP) is 3.64. The van der Waals surface area contributed by atoms with Crippen molar-refractivity contribution in [3.63, 3.8) is 0 Å². The van der Waals surface area contributed by atoms with E-state index in [9.17, 15) is 19.3 Å². The zero-order valence-corrected chi connectivity index (χ0v) is 10.7. The van der Waals surface area contributed by atoms with Gasteiger partial charge in [0.1, 0.15) is 11.4 Å². The third-order valence-corrected chi connectivity index (χ3v) is 2.83. The summed E-state index contributed by atoms with van der Waals surface area (Å²) in [6, 6.07) is 8.97. The van der Waals surface area contributed by atoms with E-state index in [1.54, 1.807) is 0 Å². The van der Waals surface area contributed by atoms with Crippen molar-refractivity contribution >= 4 is 28.9 Å². The molecule has 0 heterocycles. The smallest absolute Gasteiger partial charge is 0.283 e. The van der Waals surface area contributed by atoms with E-state index in [1.807, 2.05) is 0 Å². The minimum absolute atomic E-state index is 0.0289. The number of nitro benzene ring substituents is 1. The van der Waals surface area contributed by atoms with Gasteiger partial charge in [-0.2, -0.15) is 0 Å². The molecule has 2 aromatic rings. The quantitative estimate of drug-likeness (QED) is 0.694. The highest BCUT2D eigenvalue weighted by Crippen LogP contribution is 2.27. The molecule has 0 radical (unpaired) electrons. The van der Waals surface area contributed by atoms with Crippen LogP contribution < -0.4 is 5.32 Å². The summed E-state index contributed by atoms with van der Waals surface area (Å²) in [5.74, 6) is -1.18. The highest BCUT2D eigenvalue weighted by molar-refractivity contribution is 6.35. The molecule has 0 saturated heterocycles. The molecule has 0 unspecified atom stereocenters. The number of hydrogen-bond acceptors (Lipinski definition) is 3. The molecule has 0 aliphatic carbocycles. The van der Waals surface area contributed by atoms with E-state index in [-0.39, 0.29) is 10.6 Å². The summed E-state index contributed by atoms with van der Waals surface area (Å²) in [4.78, 5) is 22.3. The number of amides is 1. The van der Waals surface area contributed by atoms with Crippen LogP contribution in [0.25, 0.3) is 0 Å². The molecule has 0 aliphatic heterocycles. The average Bonchev–Trinajstić information content (AvgIpc) is 2.40. The van der Waals surface area contributed by atoms with Gasteiger partial charge >= 0.3 is 0 Å². The average molecular weight is 295 g/mol. The number of halogens is 2. The van der Waals surface area contributed by atoms with Crippen molar-refractivity contribution in [1.82, 2.24) is 0 Å². The fraction of sp³-hybridized carbons (Fsp3) is 0. The van der Waals surface area contributed by atoms with Gasteiger partial charge in [0.05, 0.1) is 9.95 Å². The van der Waals surface area contributed by atoms with Crippen LogP contribution in [0, 0.1) is 15.9 Å². The lowest BCUT2D eigenvalue weighted by atomic mass is 10.1. The van der Waals surface area contributed by atoms with Crippen LogP contribution in [0.1, 0.15) is 10.4 Å². The number of nitrogens with zero attached hydrogens (tertiary/aromatic N) is 1. The Labute approximate surface area is 118 Å². The summed E-state index contributed by atoms with van der Waals surface area (Å²) in [5, 5.41) is 13.3. The number of anilines is 1. The zero-order chi connectivity index (χ0) is 14.7. The molecular formula is C13H8ClFN2O3. The second-order valence-electron chi connectivity index (χ2n) is 3.85. The minimum Gasteiger partial charge on any atom is -0.322 e. The van der Waals surface area contributed by atoms with Crippen molar-refractivity contribution in [2.45, 2.75) is 0 Å². The van der Waals surface area contributed by atoms with Crippen LogP contribution in [-0.4, -0.2) is 10.8 Å². The lowest BCUT2D eigenvalue weighted by Gasteiger charge is -2.07. The predicted molar refractivity (Wildman–Crippen MR) is 72.5 cm³/mol. The minimum atomic E-state index is -0.728. The first-order valence-corrected chi connectivity index (χ1v) is 5.86. The van der Waals surface area contributed by atoms with Crippen molar-refractivity contribution in [3.8, 4) is 0 Å². The van der Waals surface area contributed by atoms with Gasteiger partial charge in [0.2, 0.25) is 0 Å². The summed E-state index contributed by atoms with van der Waals surface area (Å²) in [6.45, 7) is 0. The standard InChI is InChI=1S/C13H8ClFN2O3/c14-10-2-1-3-11(17(19)20)12(10)13(18)16-9-6-4-8(15)5-7-9/h1-7H,(H,16,18). The maximum absolute atomic E-state index is 12.8. The Kier molecular flexibility index (Phi) is 3.95. The highest BCUT2D eigenvalue weighted by Gasteiger charge is 2.23. The van der Waals surface area contributed by atoms with Gasteiger partial charge in [0.25, 0.3) is 11.6 Å². The number of rotatable bonds is 3. The van der Waals surface area contributed by atoms with Crippen LogP contribution in [0.15, 0.2) is 42.5 Å². The lowest BCUT2D eigenvalue weighted by molar-refractivity contribution is -0.385. The van der Waals surface area contributed by atoms with Crippen molar-refractivity contribution in [3.05, 3.63) is 69.0 Å². The second-order valence-corrected chi connectivity index (χ2v) is 4.26. The Morgan fingerprint density at radius 1 is 1.20 bits per heavy atom. The molecular weight excluding hydrogens is 287 g/mol. The molecule has 0 saturated carbocycles. The monoisotopic (exact) mass is 294 g/mol. The fourth-order valence-electron chi connectivity index (χ4n) is 1.62. The maximum atomic E-state index is 12.8. The van der Waals surface area contributed by atoms with Crippen LogP contribution in [-0.2, 0) is 0 Å². The molecule has 2 rings (SSSR count). The van der Waals surface area contributed by atoms with Crippen LogP contribution in [0.4, 0.5) is 15.8 Å². The van der Waals surface area contributed by atoms with Crippen molar-refractivity contribution < 1.29 is 14.1 Å². The summed E-state index contributed by atoms with van der Waals surface area (Å²) in [7, 11) is 0. The first kappa shape index (κ1) is 14.0. The molecule has 0 fully saturated rings. The van der Waals surface area contributed by atoms with E-state index < -0.39 is 22.3 Å². The number of carbonyl (C=O) groups is 1. The van der Waals surface area contributed by atoms with Crippen molar-refractivity contribution in [2.24, 2.45) is 0 Å². The Hall–Kier alpha value is -2.47. The summed E-state index contributed by atoms with van der Waals surface area (Å²) < 4.78 is 12.8. The molecule has 0 atom stereocenters. The molecule has 5 nitrogen and oxygen atoms in total. The van der Waals surface area contributed by atoms with Gasteiger partial charge in [-0.3, -0.25) is 14.9 Å². The third-order valence-electron chi connectivity index (χ3n) is 2.52. The Morgan fingerprint density at radius 2 is 1.85 bits per heavy atom. The molecule has 0 bridgehead atoms. The molecule has 0 aliphatic rings. The molecule has 1 amide bonds. The molecule has 0 aromatic heterocycles. The Bertz CT molecular complexity index is 674. The Morgan fingerprint density at radius 3 is 2.45 bits per heavy atom. The highest BCUT2D eigenvalue weighted by atomic mass is 35.5. The molecule has 1 N–H and O–H groups in total. The second kappa shape index (κ2) is 5.66. The van der Waals surface area contributed by atoms with Gasteiger partial charge in [-0.25, -0.2) is 4.39 Å². The number of benzene rings is 2. The zero-order valence-electron chi connectivity index (χ0n) is 9.97. The van der Waals surface area contributed by atoms with E-state index in [4.69, 9.17) is 11.6 Å². The number of nitro groups is 1. The van der Waals surface area contributed by atoms with E-state index in [1.165, 1.54) is 30.3 Å². The van der Waals surface area contributed by atoms with Gasteiger partial charge in [0, 0.05) is 11.8 Å². The third kappa shape index (κ3) is 2.92. The van der Waals surface area contributed by atoms with Crippen LogP contribution in [0.3, 0.4) is 0 Å². The maximum Gasteiger partial charge on any atom is 0.283 e. The topological polar surface area (TPSA) is 72.2 Å². The molecule has 0 spiro atoms. The van der Waals surface area contributed by atoms with Gasteiger partial charge < -0.3 is 5.32 Å². The van der Waals surface area contributed by atoms with E-state index in [2.05, 4.69) is 5.32 Å². The number of carbonyl (C=O) groups excluding carboxylic acids is 1. The van der Waals surface area contributed by atoms with E-state index in [0.29, 0.717) is 5.69 Å². The Balaban J connectivity index is 2.34. The van der Waals surface area contributed by atoms with Crippen LogP contribution >= 0.6 is 11.6 Å². The van der Waals surface area contributed by atoms with Gasteiger partial charge in [-0.05, 0) is 30.3 Å². The SMILES string of the molecule is O=C(Nc1ccc(F)cc1)c1c(Cl)cccc1[N+](=O)[O-].